The van der Waals surface area contributed by atoms with Gasteiger partial charge in [-0.2, -0.15) is 9.78 Å². The number of hydrazone groups is 1. The molecule has 0 spiro atoms. The molecule has 12 heteroatoms. The van der Waals surface area contributed by atoms with Gasteiger partial charge in [0.05, 0.1) is 12.3 Å². The Morgan fingerprint density at radius 3 is 2.66 bits per heavy atom. The van der Waals surface area contributed by atoms with E-state index >= 15 is 0 Å². The number of ether oxygens (including phenoxy) is 1. The van der Waals surface area contributed by atoms with Crippen LogP contribution in [0.2, 0.25) is 0 Å². The van der Waals surface area contributed by atoms with E-state index in [-0.39, 0.29) is 17.3 Å². The van der Waals surface area contributed by atoms with Crippen LogP contribution in [0.1, 0.15) is 48.4 Å². The number of rotatable bonds is 8. The number of carbonyl (C=O) groups excluding carboxylic acids is 1. The summed E-state index contributed by atoms with van der Waals surface area (Å²) in [7, 11) is 0. The van der Waals surface area contributed by atoms with E-state index in [0.717, 1.165) is 37.2 Å². The number of carbonyl (C=O) groups is 1. The van der Waals surface area contributed by atoms with E-state index in [4.69, 9.17) is 10.5 Å². The summed E-state index contributed by atoms with van der Waals surface area (Å²) in [6.45, 7) is 6.69. The van der Waals surface area contributed by atoms with Crippen LogP contribution < -0.4 is 15.9 Å². The molecule has 3 N–H and O–H groups in total. The monoisotopic (exact) mass is 439 g/mol. The first-order valence-corrected chi connectivity index (χ1v) is 10.4. The van der Waals surface area contributed by atoms with Crippen LogP contribution in [0.15, 0.2) is 34.0 Å². The average Bonchev–Trinajstić information content (AvgIpc) is 3.54. The minimum atomic E-state index is -0.489. The fourth-order valence-electron chi connectivity index (χ4n) is 3.50. The molecule has 0 atom stereocenters. The van der Waals surface area contributed by atoms with Gasteiger partial charge in [-0.15, -0.1) is 5.10 Å². The first kappa shape index (κ1) is 21.4. The highest BCUT2D eigenvalue weighted by Crippen LogP contribution is 2.19. The molecular formula is C20H25N9O3. The molecule has 1 aromatic carbocycles. The highest BCUT2D eigenvalue weighted by molar-refractivity contribution is 6.00. The highest BCUT2D eigenvalue weighted by Gasteiger charge is 2.27. The SMILES string of the molecule is CCOc1ccc(/C(C)=N/NC(=O)c2c(CN3CCCC3)nnn2-c2nonc2N)cc1. The van der Waals surface area contributed by atoms with E-state index in [2.05, 4.69) is 40.7 Å². The number of nitrogens with one attached hydrogen (secondary N) is 1. The summed E-state index contributed by atoms with van der Waals surface area (Å²) in [5.41, 5.74) is 10.6. The first-order valence-electron chi connectivity index (χ1n) is 10.4. The van der Waals surface area contributed by atoms with Gasteiger partial charge in [-0.1, -0.05) is 5.21 Å². The maximum atomic E-state index is 13.1. The number of hydrogen-bond acceptors (Lipinski definition) is 10. The van der Waals surface area contributed by atoms with Crippen molar-refractivity contribution in [1.82, 2.24) is 35.6 Å². The number of anilines is 1. The van der Waals surface area contributed by atoms with Crippen molar-refractivity contribution in [3.05, 3.63) is 41.2 Å². The average molecular weight is 439 g/mol. The molecule has 2 aromatic heterocycles. The van der Waals surface area contributed by atoms with Gasteiger partial charge in [0.1, 0.15) is 11.4 Å². The minimum Gasteiger partial charge on any atom is -0.494 e. The Morgan fingerprint density at radius 2 is 2.00 bits per heavy atom. The predicted molar refractivity (Wildman–Crippen MR) is 115 cm³/mol. The van der Waals surface area contributed by atoms with Crippen LogP contribution in [-0.2, 0) is 6.54 Å². The van der Waals surface area contributed by atoms with Crippen molar-refractivity contribution in [3.8, 4) is 11.6 Å². The number of nitrogens with zero attached hydrogens (tertiary/aromatic N) is 7. The zero-order chi connectivity index (χ0) is 22.5. The van der Waals surface area contributed by atoms with E-state index in [1.54, 1.807) is 6.92 Å². The van der Waals surface area contributed by atoms with Crippen LogP contribution in [0.25, 0.3) is 5.82 Å². The van der Waals surface area contributed by atoms with Crippen LogP contribution in [-0.4, -0.2) is 61.5 Å². The molecule has 0 saturated carbocycles. The van der Waals surface area contributed by atoms with Gasteiger partial charge in [-0.05, 0) is 79.9 Å². The number of likely N-dealkylation sites (tertiary alicyclic amines) is 1. The zero-order valence-electron chi connectivity index (χ0n) is 18.0. The number of hydrogen-bond donors (Lipinski definition) is 2. The largest absolute Gasteiger partial charge is 0.494 e. The number of nitrogen functional groups attached to an aromatic ring is 1. The van der Waals surface area contributed by atoms with Gasteiger partial charge in [0.15, 0.2) is 5.69 Å². The van der Waals surface area contributed by atoms with Crippen molar-refractivity contribution in [2.75, 3.05) is 25.4 Å². The third-order valence-electron chi connectivity index (χ3n) is 5.13. The second-order valence-corrected chi connectivity index (χ2v) is 7.35. The number of nitrogens with two attached hydrogens (primary N) is 1. The van der Waals surface area contributed by atoms with Crippen molar-refractivity contribution in [3.63, 3.8) is 0 Å². The van der Waals surface area contributed by atoms with Gasteiger partial charge in [-0.3, -0.25) is 9.69 Å². The molecule has 1 amide bonds. The lowest BCUT2D eigenvalue weighted by atomic mass is 10.1. The first-order chi connectivity index (χ1) is 15.6. The maximum absolute atomic E-state index is 13.1. The molecule has 1 aliphatic rings. The van der Waals surface area contributed by atoms with Crippen molar-refractivity contribution in [1.29, 1.82) is 0 Å². The van der Waals surface area contributed by atoms with Gasteiger partial charge < -0.3 is 10.5 Å². The molecule has 0 bridgehead atoms. The summed E-state index contributed by atoms with van der Waals surface area (Å²) in [6.07, 6.45) is 2.22. The molecular weight excluding hydrogens is 414 g/mol. The van der Waals surface area contributed by atoms with E-state index in [1.165, 1.54) is 4.68 Å². The molecule has 1 aliphatic heterocycles. The molecule has 3 heterocycles. The number of amides is 1. The molecule has 1 fully saturated rings. The van der Waals surface area contributed by atoms with Crippen LogP contribution >= 0.6 is 0 Å². The zero-order valence-corrected chi connectivity index (χ0v) is 18.0. The summed E-state index contributed by atoms with van der Waals surface area (Å²) in [5, 5.41) is 19.8. The third-order valence-corrected chi connectivity index (χ3v) is 5.13. The fraction of sp³-hybridized carbons (Fsp3) is 0.400. The summed E-state index contributed by atoms with van der Waals surface area (Å²) in [5.74, 6) is 0.388. The van der Waals surface area contributed by atoms with Crippen LogP contribution in [0.4, 0.5) is 5.82 Å². The van der Waals surface area contributed by atoms with Crippen LogP contribution in [0.5, 0.6) is 5.75 Å². The van der Waals surface area contributed by atoms with E-state index in [1.807, 2.05) is 31.2 Å². The Kier molecular flexibility index (Phi) is 6.40. The standard InChI is InChI=1S/C20H25N9O3/c1-3-31-15-8-6-14(7-9-15)13(2)22-24-20(30)17-16(12-28-10-4-5-11-28)23-27-29(17)19-18(21)25-32-26-19/h6-9H,3-5,10-12H2,1-2H3,(H2,21,25)(H,24,30)/b22-13+. The molecule has 0 radical (unpaired) electrons. The topological polar surface area (TPSA) is 150 Å². The van der Waals surface area contributed by atoms with E-state index in [0.29, 0.717) is 24.6 Å². The predicted octanol–water partition coefficient (Wildman–Crippen LogP) is 1.38. The van der Waals surface area contributed by atoms with E-state index in [9.17, 15) is 4.79 Å². The summed E-state index contributed by atoms with van der Waals surface area (Å²) in [4.78, 5) is 15.3. The van der Waals surface area contributed by atoms with Gasteiger partial charge >= 0.3 is 0 Å². The molecule has 1 saturated heterocycles. The smallest absolute Gasteiger partial charge is 0.292 e. The second kappa shape index (κ2) is 9.56. The Bertz CT molecular complexity index is 1100. The summed E-state index contributed by atoms with van der Waals surface area (Å²) < 4.78 is 11.4. The Hall–Kier alpha value is -3.80. The van der Waals surface area contributed by atoms with Crippen molar-refractivity contribution in [2.24, 2.45) is 5.10 Å². The van der Waals surface area contributed by atoms with Gasteiger partial charge in [-0.25, -0.2) is 10.1 Å². The lowest BCUT2D eigenvalue weighted by molar-refractivity contribution is 0.0945. The second-order valence-electron chi connectivity index (χ2n) is 7.35. The fourth-order valence-corrected chi connectivity index (χ4v) is 3.50. The normalized spacial score (nSPS) is 14.6. The molecule has 0 unspecified atom stereocenters. The lowest BCUT2D eigenvalue weighted by Gasteiger charge is -2.13. The quantitative estimate of drug-likeness (QED) is 0.392. The maximum Gasteiger partial charge on any atom is 0.292 e. The highest BCUT2D eigenvalue weighted by atomic mass is 16.6. The van der Waals surface area contributed by atoms with Crippen molar-refractivity contribution < 1.29 is 14.2 Å². The number of benzene rings is 1. The Morgan fingerprint density at radius 1 is 1.25 bits per heavy atom. The molecule has 0 aliphatic carbocycles. The molecule has 168 valence electrons. The van der Waals surface area contributed by atoms with Gasteiger partial charge in [0.2, 0.25) is 11.6 Å². The minimum absolute atomic E-state index is 0.00532. The lowest BCUT2D eigenvalue weighted by Crippen LogP contribution is -2.26. The third kappa shape index (κ3) is 4.59. The van der Waals surface area contributed by atoms with Gasteiger partial charge in [0, 0.05) is 6.54 Å². The number of aromatic nitrogens is 5. The van der Waals surface area contributed by atoms with Crippen molar-refractivity contribution >= 4 is 17.4 Å². The molecule has 4 rings (SSSR count). The Labute approximate surface area is 184 Å². The summed E-state index contributed by atoms with van der Waals surface area (Å²) >= 11 is 0. The Balaban J connectivity index is 1.57. The molecule has 12 nitrogen and oxygen atoms in total. The van der Waals surface area contributed by atoms with Crippen LogP contribution in [0.3, 0.4) is 0 Å². The molecule has 32 heavy (non-hydrogen) atoms. The van der Waals surface area contributed by atoms with Gasteiger partial charge in [0.25, 0.3) is 5.91 Å². The van der Waals surface area contributed by atoms with E-state index < -0.39 is 5.91 Å². The van der Waals surface area contributed by atoms with Crippen molar-refractivity contribution in [2.45, 2.75) is 33.2 Å². The molecule has 3 aromatic rings. The summed E-state index contributed by atoms with van der Waals surface area (Å²) in [6, 6.07) is 7.46. The van der Waals surface area contributed by atoms with Crippen LogP contribution in [0, 0.1) is 0 Å².